The summed E-state index contributed by atoms with van der Waals surface area (Å²) in [5, 5.41) is 3.55. The molecule has 0 aliphatic carbocycles. The van der Waals surface area contributed by atoms with Gasteiger partial charge < -0.3 is 16.0 Å². The van der Waals surface area contributed by atoms with Gasteiger partial charge in [0.2, 0.25) is 11.8 Å². The van der Waals surface area contributed by atoms with E-state index in [0.29, 0.717) is 28.0 Å². The van der Waals surface area contributed by atoms with Crippen molar-refractivity contribution in [1.29, 1.82) is 0 Å². The minimum atomic E-state index is -0.312. The van der Waals surface area contributed by atoms with E-state index >= 15 is 0 Å². The van der Waals surface area contributed by atoms with Gasteiger partial charge in [0.1, 0.15) is 0 Å². The lowest BCUT2D eigenvalue weighted by Gasteiger charge is -2.22. The lowest BCUT2D eigenvalue weighted by atomic mass is 10.1. The summed E-state index contributed by atoms with van der Waals surface area (Å²) >= 11 is 11.9. The molecule has 0 radical (unpaired) electrons. The van der Waals surface area contributed by atoms with Crippen molar-refractivity contribution in [2.45, 2.75) is 19.8 Å². The number of nitrogen functional groups attached to an aromatic ring is 1. The van der Waals surface area contributed by atoms with Gasteiger partial charge >= 0.3 is 0 Å². The molecule has 0 aliphatic rings. The second kappa shape index (κ2) is 9.46. The van der Waals surface area contributed by atoms with E-state index in [-0.39, 0.29) is 24.8 Å². The molecule has 7 heteroatoms. The molecule has 0 aliphatic heterocycles. The Bertz CT molecular complexity index is 779. The summed E-state index contributed by atoms with van der Waals surface area (Å²) in [6.07, 6.45) is 0.970. The minimum absolute atomic E-state index is 0.0411. The molecule has 0 heterocycles. The van der Waals surface area contributed by atoms with Crippen LogP contribution in [0.15, 0.2) is 42.5 Å². The lowest BCUT2D eigenvalue weighted by molar-refractivity contribution is -0.134. The first-order valence-electron chi connectivity index (χ1n) is 8.26. The molecule has 2 aromatic carbocycles. The Labute approximate surface area is 163 Å². The molecular weight excluding hydrogens is 373 g/mol. The average Bonchev–Trinajstić information content (AvgIpc) is 2.59. The Morgan fingerprint density at radius 1 is 1.12 bits per heavy atom. The molecule has 5 nitrogen and oxygen atoms in total. The van der Waals surface area contributed by atoms with E-state index in [1.807, 2.05) is 19.1 Å². The predicted molar refractivity (Wildman–Crippen MR) is 107 cm³/mol. The monoisotopic (exact) mass is 393 g/mol. The molecule has 0 spiro atoms. The van der Waals surface area contributed by atoms with Crippen molar-refractivity contribution < 1.29 is 9.59 Å². The zero-order chi connectivity index (χ0) is 19.1. The van der Waals surface area contributed by atoms with Gasteiger partial charge in [0.15, 0.2) is 0 Å². The number of halogens is 2. The van der Waals surface area contributed by atoms with Gasteiger partial charge in [-0.05, 0) is 42.3 Å². The molecule has 0 fully saturated rings. The van der Waals surface area contributed by atoms with Gasteiger partial charge in [-0.25, -0.2) is 0 Å². The van der Waals surface area contributed by atoms with Crippen LogP contribution in [0.5, 0.6) is 0 Å². The third kappa shape index (κ3) is 5.93. The first kappa shape index (κ1) is 20.1. The zero-order valence-corrected chi connectivity index (χ0v) is 16.0. The number of hydrogen-bond acceptors (Lipinski definition) is 3. The maximum atomic E-state index is 12.6. The molecule has 2 aromatic rings. The third-order valence-corrected chi connectivity index (χ3v) is 4.27. The summed E-state index contributed by atoms with van der Waals surface area (Å²) in [6.45, 7) is 2.41. The number of nitrogens with zero attached hydrogens (tertiary/aromatic N) is 1. The van der Waals surface area contributed by atoms with Crippen LogP contribution in [-0.4, -0.2) is 29.8 Å². The molecule has 0 bridgehead atoms. The van der Waals surface area contributed by atoms with Crippen molar-refractivity contribution in [3.8, 4) is 0 Å². The normalized spacial score (nSPS) is 10.4. The van der Waals surface area contributed by atoms with Gasteiger partial charge in [-0.3, -0.25) is 9.59 Å². The summed E-state index contributed by atoms with van der Waals surface area (Å²) in [7, 11) is 0. The molecule has 2 rings (SSSR count). The average molecular weight is 394 g/mol. The zero-order valence-electron chi connectivity index (χ0n) is 14.5. The van der Waals surface area contributed by atoms with E-state index in [9.17, 15) is 9.59 Å². The molecule has 138 valence electrons. The van der Waals surface area contributed by atoms with E-state index in [2.05, 4.69) is 5.32 Å². The van der Waals surface area contributed by atoms with Gasteiger partial charge in [0, 0.05) is 17.3 Å². The summed E-state index contributed by atoms with van der Waals surface area (Å²) in [4.78, 5) is 26.4. The van der Waals surface area contributed by atoms with Gasteiger partial charge in [-0.1, -0.05) is 42.3 Å². The first-order valence-corrected chi connectivity index (χ1v) is 9.01. The van der Waals surface area contributed by atoms with E-state index in [1.54, 1.807) is 30.3 Å². The molecule has 26 heavy (non-hydrogen) atoms. The fraction of sp³-hybridized carbons (Fsp3) is 0.263. The summed E-state index contributed by atoms with van der Waals surface area (Å²) in [6, 6.07) is 11.9. The lowest BCUT2D eigenvalue weighted by Crippen LogP contribution is -2.39. The SMILES string of the molecule is CCCN(CC(=O)Nc1ccc(Cl)cc1Cl)C(=O)Cc1ccc(N)cc1. The van der Waals surface area contributed by atoms with Gasteiger partial charge in [-0.15, -0.1) is 0 Å². The number of nitrogens with two attached hydrogens (primary N) is 1. The number of rotatable bonds is 7. The Kier molecular flexibility index (Phi) is 7.30. The van der Waals surface area contributed by atoms with Gasteiger partial charge in [0.25, 0.3) is 0 Å². The number of nitrogens with one attached hydrogen (secondary N) is 1. The van der Waals surface area contributed by atoms with Crippen LogP contribution >= 0.6 is 23.2 Å². The molecule has 0 saturated heterocycles. The molecular formula is C19H21Cl2N3O2. The van der Waals surface area contributed by atoms with Crippen molar-refractivity contribution in [3.63, 3.8) is 0 Å². The molecule has 0 atom stereocenters. The Morgan fingerprint density at radius 2 is 1.81 bits per heavy atom. The predicted octanol–water partition coefficient (Wildman–Crippen LogP) is 4.00. The second-order valence-electron chi connectivity index (χ2n) is 5.91. The summed E-state index contributed by atoms with van der Waals surface area (Å²) in [5.74, 6) is -0.428. The number of amides is 2. The van der Waals surface area contributed by atoms with Gasteiger partial charge in [0.05, 0.1) is 23.7 Å². The van der Waals surface area contributed by atoms with Crippen LogP contribution in [0.1, 0.15) is 18.9 Å². The fourth-order valence-electron chi connectivity index (χ4n) is 2.44. The van der Waals surface area contributed by atoms with E-state index in [1.165, 1.54) is 4.90 Å². The molecule has 0 aromatic heterocycles. The fourth-order valence-corrected chi connectivity index (χ4v) is 2.89. The van der Waals surface area contributed by atoms with Crippen LogP contribution in [0.3, 0.4) is 0 Å². The maximum Gasteiger partial charge on any atom is 0.244 e. The molecule has 2 amide bonds. The van der Waals surface area contributed by atoms with Crippen LogP contribution in [0.4, 0.5) is 11.4 Å². The smallest absolute Gasteiger partial charge is 0.244 e. The highest BCUT2D eigenvalue weighted by molar-refractivity contribution is 6.36. The van der Waals surface area contributed by atoms with Crippen LogP contribution in [0, 0.1) is 0 Å². The summed E-state index contributed by atoms with van der Waals surface area (Å²) < 4.78 is 0. The topological polar surface area (TPSA) is 75.4 Å². The number of benzene rings is 2. The molecule has 3 N–H and O–H groups in total. The number of carbonyl (C=O) groups excluding carboxylic acids is 2. The van der Waals surface area contributed by atoms with Crippen LogP contribution in [0.2, 0.25) is 10.0 Å². The van der Waals surface area contributed by atoms with E-state index in [0.717, 1.165) is 12.0 Å². The largest absolute Gasteiger partial charge is 0.399 e. The highest BCUT2D eigenvalue weighted by Gasteiger charge is 2.17. The highest BCUT2D eigenvalue weighted by atomic mass is 35.5. The van der Waals surface area contributed by atoms with Crippen molar-refractivity contribution in [3.05, 3.63) is 58.1 Å². The Balaban J connectivity index is 2.00. The van der Waals surface area contributed by atoms with Crippen molar-refractivity contribution >= 4 is 46.4 Å². The third-order valence-electron chi connectivity index (χ3n) is 3.72. The standard InChI is InChI=1S/C19H21Cl2N3O2/c1-2-9-24(19(26)10-13-3-6-15(22)7-4-13)12-18(25)23-17-8-5-14(20)11-16(17)21/h3-8,11H,2,9-10,12,22H2,1H3,(H,23,25). The van der Waals surface area contributed by atoms with Crippen molar-refractivity contribution in [1.82, 2.24) is 4.90 Å². The Hall–Kier alpha value is -2.24. The quantitative estimate of drug-likeness (QED) is 0.698. The summed E-state index contributed by atoms with van der Waals surface area (Å²) in [5.41, 5.74) is 7.62. The van der Waals surface area contributed by atoms with Gasteiger partial charge in [-0.2, -0.15) is 0 Å². The van der Waals surface area contributed by atoms with Crippen LogP contribution in [0.25, 0.3) is 0 Å². The van der Waals surface area contributed by atoms with Crippen LogP contribution < -0.4 is 11.1 Å². The number of hydrogen-bond donors (Lipinski definition) is 2. The number of carbonyl (C=O) groups is 2. The minimum Gasteiger partial charge on any atom is -0.399 e. The second-order valence-corrected chi connectivity index (χ2v) is 6.75. The first-order chi connectivity index (χ1) is 12.4. The van der Waals surface area contributed by atoms with Crippen molar-refractivity contribution in [2.75, 3.05) is 24.1 Å². The van der Waals surface area contributed by atoms with E-state index in [4.69, 9.17) is 28.9 Å². The maximum absolute atomic E-state index is 12.6. The highest BCUT2D eigenvalue weighted by Crippen LogP contribution is 2.25. The van der Waals surface area contributed by atoms with Crippen LogP contribution in [-0.2, 0) is 16.0 Å². The molecule has 0 saturated carbocycles. The van der Waals surface area contributed by atoms with E-state index < -0.39 is 0 Å². The number of anilines is 2. The van der Waals surface area contributed by atoms with Crippen molar-refractivity contribution in [2.24, 2.45) is 0 Å². The Morgan fingerprint density at radius 3 is 2.42 bits per heavy atom. The molecule has 0 unspecified atom stereocenters.